The first-order valence-corrected chi connectivity index (χ1v) is 10.0. The molecule has 7 nitrogen and oxygen atoms in total. The minimum atomic E-state index is -4.75. The molecular formula is C21H19NO6Re2S-2. The molecule has 1 aliphatic rings. The van der Waals surface area contributed by atoms with Crippen LogP contribution >= 0.6 is 0 Å². The molecule has 0 atom stereocenters. The molecule has 0 saturated carbocycles. The Morgan fingerprint density at radius 1 is 1.06 bits per heavy atom. The van der Waals surface area contributed by atoms with Crippen molar-refractivity contribution in [3.05, 3.63) is 77.9 Å². The van der Waals surface area contributed by atoms with Gasteiger partial charge in [-0.05, 0) is 18.6 Å². The van der Waals surface area contributed by atoms with Crippen molar-refractivity contribution >= 4 is 33.9 Å². The van der Waals surface area contributed by atoms with E-state index in [1.165, 1.54) is 36.4 Å². The number of allylic oxidation sites excluding steroid dienone is 1. The van der Waals surface area contributed by atoms with Crippen LogP contribution in [0.1, 0.15) is 42.3 Å². The number of hydroxylamine groups is 2. The molecular weight excluding hydrogens is 767 g/mol. The Labute approximate surface area is 209 Å². The summed E-state index contributed by atoms with van der Waals surface area (Å²) in [4.78, 5) is 25.3. The Hall–Kier alpha value is -1.91. The van der Waals surface area contributed by atoms with Crippen LogP contribution in [0.3, 0.4) is 0 Å². The summed E-state index contributed by atoms with van der Waals surface area (Å²) >= 11 is 0. The first-order valence-electron chi connectivity index (χ1n) is 8.70. The van der Waals surface area contributed by atoms with Crippen molar-refractivity contribution in [3.8, 4) is 5.75 Å². The molecule has 2 radical (unpaired) electrons. The molecule has 1 heterocycles. The topological polar surface area (TPSA) is 90.0 Å². The maximum atomic E-state index is 12.7. The van der Waals surface area contributed by atoms with Crippen LogP contribution in [-0.2, 0) is 60.3 Å². The molecule has 2 aromatic rings. The van der Waals surface area contributed by atoms with Crippen LogP contribution in [0.4, 0.5) is 0 Å². The first-order chi connectivity index (χ1) is 13.9. The molecule has 0 N–H and O–H groups in total. The molecule has 2 amide bonds. The van der Waals surface area contributed by atoms with Crippen molar-refractivity contribution in [1.29, 1.82) is 0 Å². The average Bonchev–Trinajstić information content (AvgIpc) is 2.73. The summed E-state index contributed by atoms with van der Waals surface area (Å²) in [6.45, 7) is 9.26. The van der Waals surface area contributed by atoms with E-state index in [1.54, 1.807) is 19.1 Å². The van der Waals surface area contributed by atoms with E-state index >= 15 is 0 Å². The second-order valence-electron chi connectivity index (χ2n) is 5.32. The van der Waals surface area contributed by atoms with Gasteiger partial charge in [-0.1, -0.05) is 50.5 Å². The molecule has 166 valence electrons. The first kappa shape index (κ1) is 29.1. The third-order valence-corrected chi connectivity index (χ3v) is 4.41. The Morgan fingerprint density at radius 2 is 1.68 bits per heavy atom. The number of nitrogens with zero attached hydrogens (tertiary/aromatic N) is 1. The molecule has 0 aromatic heterocycles. The third-order valence-electron chi connectivity index (χ3n) is 3.69. The van der Waals surface area contributed by atoms with Crippen molar-refractivity contribution in [1.82, 2.24) is 5.06 Å². The quantitative estimate of drug-likeness (QED) is 0.262. The van der Waals surface area contributed by atoms with Gasteiger partial charge in [-0.25, -0.2) is 0 Å². The molecule has 0 spiro atoms. The molecule has 0 aliphatic carbocycles. The van der Waals surface area contributed by atoms with Crippen molar-refractivity contribution in [2.24, 2.45) is 0 Å². The molecule has 3 rings (SSSR count). The normalized spacial score (nSPS) is 13.8. The van der Waals surface area contributed by atoms with Crippen molar-refractivity contribution < 1.29 is 67.3 Å². The Bertz CT molecular complexity index is 1070. The van der Waals surface area contributed by atoms with Crippen LogP contribution in [0, 0.1) is 12.1 Å². The second-order valence-corrected chi connectivity index (χ2v) is 6.45. The smallest absolute Gasteiger partial charge is 0.449 e. The van der Waals surface area contributed by atoms with Crippen molar-refractivity contribution in [3.63, 3.8) is 0 Å². The summed E-state index contributed by atoms with van der Waals surface area (Å²) in [7, 11) is -4.75. The molecule has 31 heavy (non-hydrogen) atoms. The van der Waals surface area contributed by atoms with Crippen LogP contribution in [-0.4, -0.2) is 25.3 Å². The van der Waals surface area contributed by atoms with E-state index in [4.69, 9.17) is 4.18 Å². The molecule has 0 unspecified atom stereocenters. The van der Waals surface area contributed by atoms with Crippen LogP contribution in [0.2, 0.25) is 0 Å². The van der Waals surface area contributed by atoms with E-state index in [-0.39, 0.29) is 62.8 Å². The largest absolute Gasteiger partial charge is 0.486 e. The van der Waals surface area contributed by atoms with Gasteiger partial charge in [0.2, 0.25) is 0 Å². The number of imide groups is 1. The van der Waals surface area contributed by atoms with E-state index < -0.39 is 22.2 Å². The maximum absolute atomic E-state index is 12.7. The zero-order chi connectivity index (χ0) is 21.6. The minimum absolute atomic E-state index is 0. The molecule has 10 heteroatoms. The standard InChI is InChI=1S/C19H13NO6S.C2H6.2Re/c1-3-13-9-8-12-16-17(13)15(4-2)18(21)20(19(16)22)26-27(23,24)25-14-10-6-5-7-11-14;1-2;;/h3-5,8-12H,1H2,2H3;1-2H3;;/q-2;;;/b15-4+;;;. The number of hydrogen-bond acceptors (Lipinski definition) is 6. The number of rotatable bonds is 5. The van der Waals surface area contributed by atoms with Crippen molar-refractivity contribution in [2.45, 2.75) is 20.8 Å². The van der Waals surface area contributed by atoms with E-state index in [2.05, 4.69) is 23.0 Å². The summed E-state index contributed by atoms with van der Waals surface area (Å²) in [6, 6.07) is 13.8. The number of amides is 2. The van der Waals surface area contributed by atoms with Crippen LogP contribution in [0.25, 0.3) is 11.6 Å². The van der Waals surface area contributed by atoms with Gasteiger partial charge in [0.15, 0.2) is 0 Å². The van der Waals surface area contributed by atoms with Crippen molar-refractivity contribution in [2.75, 3.05) is 0 Å². The Morgan fingerprint density at radius 3 is 2.23 bits per heavy atom. The Balaban J connectivity index is 0.00000219. The van der Waals surface area contributed by atoms with Gasteiger partial charge in [0.25, 0.3) is 11.8 Å². The monoisotopic (exact) mass is 787 g/mol. The van der Waals surface area contributed by atoms with Gasteiger partial charge in [-0.3, -0.25) is 21.7 Å². The van der Waals surface area contributed by atoms with Gasteiger partial charge in [0, 0.05) is 52.0 Å². The van der Waals surface area contributed by atoms with Crippen LogP contribution in [0.5, 0.6) is 5.75 Å². The van der Waals surface area contributed by atoms with Crippen LogP contribution in [0.15, 0.2) is 49.1 Å². The number of carbonyl (C=O) groups excluding carboxylic acids is 2. The fourth-order valence-corrected chi connectivity index (χ4v) is 3.26. The SMILES string of the molecule is C=Cc1cccc2c1/C(=C\C)C(=O)N(OS(=O)(=O)Oc1c[c-]c[c-]c1)C2=O.CC.[Re].[Re]. The summed E-state index contributed by atoms with van der Waals surface area (Å²) in [5.74, 6) is -1.99. The fourth-order valence-electron chi connectivity index (χ4n) is 2.58. The molecule has 0 saturated heterocycles. The zero-order valence-corrected chi connectivity index (χ0v) is 23.1. The number of carbonyl (C=O) groups is 2. The summed E-state index contributed by atoms with van der Waals surface area (Å²) in [5.41, 5.74) is 1.15. The summed E-state index contributed by atoms with van der Waals surface area (Å²) in [6.07, 6.45) is 2.97. The number of benzene rings is 2. The summed E-state index contributed by atoms with van der Waals surface area (Å²) in [5, 5.41) is 0.163. The van der Waals surface area contributed by atoms with Gasteiger partial charge in [0.05, 0.1) is 5.56 Å². The predicted molar refractivity (Wildman–Crippen MR) is 107 cm³/mol. The van der Waals surface area contributed by atoms with Gasteiger partial charge < -0.3 is 22.4 Å². The number of hydrogen-bond donors (Lipinski definition) is 0. The molecule has 0 bridgehead atoms. The number of fused-ring (bicyclic) bond motifs is 1. The van der Waals surface area contributed by atoms with Gasteiger partial charge in [-0.15, -0.1) is 9.35 Å². The maximum Gasteiger partial charge on any atom is 0.449 e. The zero-order valence-electron chi connectivity index (χ0n) is 16.9. The summed E-state index contributed by atoms with van der Waals surface area (Å²) < 4.78 is 33.6. The van der Waals surface area contributed by atoms with E-state index in [0.29, 0.717) is 11.1 Å². The third kappa shape index (κ3) is 6.54. The van der Waals surface area contributed by atoms with Gasteiger partial charge in [-0.2, -0.15) is 8.42 Å². The molecule has 0 fully saturated rings. The fraction of sp³-hybridized carbons (Fsp3) is 0.143. The molecule has 1 aliphatic heterocycles. The van der Waals surface area contributed by atoms with Gasteiger partial charge in [0.1, 0.15) is 0 Å². The minimum Gasteiger partial charge on any atom is -0.486 e. The average molecular weight is 786 g/mol. The Kier molecular flexibility index (Phi) is 12.0. The van der Waals surface area contributed by atoms with E-state index in [0.717, 1.165) is 0 Å². The van der Waals surface area contributed by atoms with E-state index in [9.17, 15) is 18.0 Å². The van der Waals surface area contributed by atoms with E-state index in [1.807, 2.05) is 13.8 Å². The molecule has 2 aromatic carbocycles. The van der Waals surface area contributed by atoms with Gasteiger partial charge >= 0.3 is 10.4 Å². The second kappa shape index (κ2) is 12.8. The van der Waals surface area contributed by atoms with Crippen LogP contribution < -0.4 is 4.18 Å². The predicted octanol–water partition coefficient (Wildman–Crippen LogP) is 3.59.